The minimum absolute atomic E-state index is 0.321. The summed E-state index contributed by atoms with van der Waals surface area (Å²) in [5.74, 6) is 0. The first-order valence-corrected chi connectivity index (χ1v) is 8.08. The molecule has 20 heavy (non-hydrogen) atoms. The van der Waals surface area contributed by atoms with Gasteiger partial charge < -0.3 is 5.32 Å². The Morgan fingerprint density at radius 3 is 2.40 bits per heavy atom. The number of benzene rings is 2. The second-order valence-corrected chi connectivity index (χ2v) is 6.34. The maximum Gasteiger partial charge on any atom is 0.0548 e. The predicted octanol–water partition coefficient (Wildman–Crippen LogP) is 6.00. The van der Waals surface area contributed by atoms with Crippen LogP contribution in [-0.2, 0) is 6.54 Å². The lowest BCUT2D eigenvalue weighted by molar-refractivity contribution is 0.519. The van der Waals surface area contributed by atoms with Crippen LogP contribution in [0.15, 0.2) is 46.9 Å². The number of hydrogen-bond donors (Lipinski definition) is 1. The molecule has 0 saturated carbocycles. The normalized spacial score (nSPS) is 12.4. The topological polar surface area (TPSA) is 12.0 Å². The molecule has 106 valence electrons. The molecule has 1 N–H and O–H groups in total. The summed E-state index contributed by atoms with van der Waals surface area (Å²) in [7, 11) is 0. The van der Waals surface area contributed by atoms with Gasteiger partial charge in [-0.3, -0.25) is 0 Å². The second kappa shape index (κ2) is 7.46. The zero-order chi connectivity index (χ0) is 14.5. The van der Waals surface area contributed by atoms with Gasteiger partial charge in [-0.1, -0.05) is 48.3 Å². The third-order valence-corrected chi connectivity index (χ3v) is 4.68. The summed E-state index contributed by atoms with van der Waals surface area (Å²) in [5.41, 5.74) is 2.46. The van der Waals surface area contributed by atoms with Crippen LogP contribution in [0.5, 0.6) is 0 Å². The fourth-order valence-corrected chi connectivity index (χ4v) is 2.75. The van der Waals surface area contributed by atoms with Gasteiger partial charge in [-0.15, -0.1) is 0 Å². The molecule has 1 unspecified atom stereocenters. The molecule has 0 aromatic heterocycles. The van der Waals surface area contributed by atoms with Gasteiger partial charge in [0.1, 0.15) is 0 Å². The molecular weight excluding hydrogens is 357 g/mol. The lowest BCUT2D eigenvalue weighted by Crippen LogP contribution is -2.20. The molecule has 2 aromatic carbocycles. The van der Waals surface area contributed by atoms with E-state index in [9.17, 15) is 0 Å². The van der Waals surface area contributed by atoms with E-state index in [2.05, 4.69) is 40.3 Å². The van der Waals surface area contributed by atoms with E-state index < -0.39 is 0 Å². The van der Waals surface area contributed by atoms with Gasteiger partial charge in [-0.05, 0) is 57.7 Å². The van der Waals surface area contributed by atoms with E-state index in [0.717, 1.165) is 27.5 Å². The molecule has 0 amide bonds. The van der Waals surface area contributed by atoms with Crippen LogP contribution < -0.4 is 5.32 Å². The van der Waals surface area contributed by atoms with E-state index in [1.165, 1.54) is 11.1 Å². The van der Waals surface area contributed by atoms with Crippen LogP contribution in [-0.4, -0.2) is 0 Å². The predicted molar refractivity (Wildman–Crippen MR) is 90.5 cm³/mol. The van der Waals surface area contributed by atoms with Crippen LogP contribution in [0.3, 0.4) is 0 Å². The van der Waals surface area contributed by atoms with Gasteiger partial charge in [0.25, 0.3) is 0 Å². The Balaban J connectivity index is 2.03. The van der Waals surface area contributed by atoms with Gasteiger partial charge in [0, 0.05) is 22.1 Å². The molecule has 0 radical (unpaired) electrons. The van der Waals surface area contributed by atoms with Crippen molar-refractivity contribution in [2.24, 2.45) is 0 Å². The monoisotopic (exact) mass is 371 g/mol. The lowest BCUT2D eigenvalue weighted by atomic mass is 10.0. The molecule has 0 saturated heterocycles. The second-order valence-electron chi connectivity index (χ2n) is 4.64. The summed E-state index contributed by atoms with van der Waals surface area (Å²) in [4.78, 5) is 0. The van der Waals surface area contributed by atoms with Crippen molar-refractivity contribution in [3.8, 4) is 0 Å². The summed E-state index contributed by atoms with van der Waals surface area (Å²) < 4.78 is 0.929. The van der Waals surface area contributed by atoms with Crippen molar-refractivity contribution in [3.05, 3.63) is 68.1 Å². The Labute approximate surface area is 138 Å². The van der Waals surface area contributed by atoms with E-state index >= 15 is 0 Å². The first-order valence-electron chi connectivity index (χ1n) is 6.53. The number of nitrogens with one attached hydrogen (secondary N) is 1. The molecule has 2 aromatic rings. The van der Waals surface area contributed by atoms with E-state index in [0.29, 0.717) is 6.04 Å². The fraction of sp³-hybridized carbons (Fsp3) is 0.250. The number of hydrogen-bond acceptors (Lipinski definition) is 1. The first kappa shape index (κ1) is 15.8. The summed E-state index contributed by atoms with van der Waals surface area (Å²) >= 11 is 15.4. The lowest BCUT2D eigenvalue weighted by Gasteiger charge is -2.18. The van der Waals surface area contributed by atoms with Crippen molar-refractivity contribution in [3.63, 3.8) is 0 Å². The third-order valence-electron chi connectivity index (χ3n) is 3.22. The van der Waals surface area contributed by atoms with Gasteiger partial charge in [-0.2, -0.15) is 0 Å². The van der Waals surface area contributed by atoms with Gasteiger partial charge in [0.15, 0.2) is 0 Å². The number of halogens is 3. The quantitative estimate of drug-likeness (QED) is 0.678. The van der Waals surface area contributed by atoms with Crippen molar-refractivity contribution in [1.82, 2.24) is 5.32 Å². The van der Waals surface area contributed by atoms with Crippen molar-refractivity contribution < 1.29 is 0 Å². The smallest absolute Gasteiger partial charge is 0.0548 e. The Morgan fingerprint density at radius 1 is 1.10 bits per heavy atom. The highest BCUT2D eigenvalue weighted by Gasteiger charge is 2.09. The van der Waals surface area contributed by atoms with Crippen LogP contribution >= 0.6 is 39.1 Å². The van der Waals surface area contributed by atoms with Crippen LogP contribution in [0.25, 0.3) is 0 Å². The average Bonchev–Trinajstić information content (AvgIpc) is 2.45. The Kier molecular flexibility index (Phi) is 5.91. The maximum atomic E-state index is 6.00. The molecule has 4 heteroatoms. The highest BCUT2D eigenvalue weighted by molar-refractivity contribution is 9.10. The average molecular weight is 373 g/mol. The van der Waals surface area contributed by atoms with Crippen LogP contribution in [0, 0.1) is 0 Å². The largest absolute Gasteiger partial charge is 0.306 e. The van der Waals surface area contributed by atoms with E-state index in [1.807, 2.05) is 30.3 Å². The summed E-state index contributed by atoms with van der Waals surface area (Å²) in [5, 5.41) is 5.06. The Bertz CT molecular complexity index is 569. The maximum absolute atomic E-state index is 6.00. The third kappa shape index (κ3) is 4.23. The summed E-state index contributed by atoms with van der Waals surface area (Å²) in [6, 6.07) is 14.3. The molecule has 0 aliphatic carbocycles. The first-order chi connectivity index (χ1) is 9.60. The SMILES string of the molecule is CCC(NCc1ccc(Cl)c(Br)c1)c1ccc(Cl)cc1. The van der Waals surface area contributed by atoms with E-state index in [1.54, 1.807) is 0 Å². The van der Waals surface area contributed by atoms with Crippen molar-refractivity contribution >= 4 is 39.1 Å². The minimum Gasteiger partial charge on any atom is -0.306 e. The van der Waals surface area contributed by atoms with Crippen molar-refractivity contribution in [2.75, 3.05) is 0 Å². The van der Waals surface area contributed by atoms with E-state index in [4.69, 9.17) is 23.2 Å². The van der Waals surface area contributed by atoms with E-state index in [-0.39, 0.29) is 0 Å². The van der Waals surface area contributed by atoms with Gasteiger partial charge in [0.2, 0.25) is 0 Å². The summed E-state index contributed by atoms with van der Waals surface area (Å²) in [6.45, 7) is 2.97. The molecule has 2 rings (SSSR count). The van der Waals surface area contributed by atoms with Crippen molar-refractivity contribution in [1.29, 1.82) is 0 Å². The Hall–Kier alpha value is -0.540. The molecule has 0 aliphatic rings. The molecule has 0 aliphatic heterocycles. The zero-order valence-electron chi connectivity index (χ0n) is 11.2. The minimum atomic E-state index is 0.321. The molecule has 1 atom stereocenters. The molecule has 1 nitrogen and oxygen atoms in total. The highest BCUT2D eigenvalue weighted by Crippen LogP contribution is 2.24. The standard InChI is InChI=1S/C16H16BrCl2N/c1-2-16(12-4-6-13(18)7-5-12)20-10-11-3-8-15(19)14(17)9-11/h3-9,16,20H,2,10H2,1H3. The highest BCUT2D eigenvalue weighted by atomic mass is 79.9. The van der Waals surface area contributed by atoms with Crippen LogP contribution in [0.4, 0.5) is 0 Å². The molecule has 0 spiro atoms. The summed E-state index contributed by atoms with van der Waals surface area (Å²) in [6.07, 6.45) is 1.02. The number of rotatable bonds is 5. The van der Waals surface area contributed by atoms with Crippen LogP contribution in [0.1, 0.15) is 30.5 Å². The van der Waals surface area contributed by atoms with Crippen molar-refractivity contribution in [2.45, 2.75) is 25.9 Å². The zero-order valence-corrected chi connectivity index (χ0v) is 14.3. The van der Waals surface area contributed by atoms with Gasteiger partial charge >= 0.3 is 0 Å². The fourth-order valence-electron chi connectivity index (χ4n) is 2.08. The van der Waals surface area contributed by atoms with Crippen LogP contribution in [0.2, 0.25) is 10.0 Å². The molecule has 0 bridgehead atoms. The Morgan fingerprint density at radius 2 is 1.80 bits per heavy atom. The van der Waals surface area contributed by atoms with Gasteiger partial charge in [-0.25, -0.2) is 0 Å². The molecule has 0 heterocycles. The molecular formula is C16H16BrCl2N. The van der Waals surface area contributed by atoms with Gasteiger partial charge in [0.05, 0.1) is 5.02 Å². The molecule has 0 fully saturated rings.